The van der Waals surface area contributed by atoms with Gasteiger partial charge in [-0.15, -0.1) is 0 Å². The van der Waals surface area contributed by atoms with E-state index in [1.54, 1.807) is 0 Å². The summed E-state index contributed by atoms with van der Waals surface area (Å²) < 4.78 is 16.7. The summed E-state index contributed by atoms with van der Waals surface area (Å²) in [7, 11) is 0. The minimum absolute atomic E-state index is 0.110. The van der Waals surface area contributed by atoms with Crippen LogP contribution in [-0.2, 0) is 28.6 Å². The Morgan fingerprint density at radius 1 is 0.339 bits per heavy atom. The summed E-state index contributed by atoms with van der Waals surface area (Å²) in [5.41, 5.74) is 0. The second-order valence-corrected chi connectivity index (χ2v) is 17.0. The number of ether oxygens (including phenoxy) is 3. The van der Waals surface area contributed by atoms with Gasteiger partial charge in [0.15, 0.2) is 6.10 Å². The second-order valence-electron chi connectivity index (χ2n) is 17.0. The van der Waals surface area contributed by atoms with Gasteiger partial charge in [-0.25, -0.2) is 0 Å². The minimum atomic E-state index is -0.816. The lowest BCUT2D eigenvalue weighted by Crippen LogP contribution is -2.30. The Morgan fingerprint density at radius 2 is 0.645 bits per heavy atom. The third kappa shape index (κ3) is 47.9. The molecule has 6 heteroatoms. The average Bonchev–Trinajstić information content (AvgIpc) is 3.27. The highest BCUT2D eigenvalue weighted by atomic mass is 16.6. The lowest BCUT2D eigenvalue weighted by molar-refractivity contribution is -0.167. The Hall–Kier alpha value is -3.15. The smallest absolute Gasteiger partial charge is 0.306 e. The number of carbonyl (C=O) groups excluding carboxylic acids is 3. The third-order valence-corrected chi connectivity index (χ3v) is 10.9. The van der Waals surface area contributed by atoms with E-state index in [1.165, 1.54) is 116 Å². The molecule has 1 atom stereocenters. The summed E-state index contributed by atoms with van der Waals surface area (Å²) in [4.78, 5) is 37.8. The van der Waals surface area contributed by atoms with Gasteiger partial charge in [-0.3, -0.25) is 14.4 Å². The molecule has 0 rings (SSSR count). The van der Waals surface area contributed by atoms with Gasteiger partial charge in [0.05, 0.1) is 0 Å². The third-order valence-electron chi connectivity index (χ3n) is 10.9. The van der Waals surface area contributed by atoms with Crippen molar-refractivity contribution < 1.29 is 28.6 Å². The number of unbranched alkanes of at least 4 members (excludes halogenated alkanes) is 23. The zero-order valence-electron chi connectivity index (χ0n) is 40.6. The summed E-state index contributed by atoms with van der Waals surface area (Å²) in [6.45, 7) is 6.43. The van der Waals surface area contributed by atoms with Gasteiger partial charge >= 0.3 is 17.9 Å². The van der Waals surface area contributed by atoms with Gasteiger partial charge < -0.3 is 14.2 Å². The van der Waals surface area contributed by atoms with E-state index in [4.69, 9.17) is 14.2 Å². The lowest BCUT2D eigenvalue weighted by Gasteiger charge is -2.18. The molecular weight excluding hydrogens is 769 g/mol. The molecule has 0 heterocycles. The summed E-state index contributed by atoms with van der Waals surface area (Å²) in [5.74, 6) is -1.01. The van der Waals surface area contributed by atoms with Crippen LogP contribution in [0, 0.1) is 0 Å². The monoisotopic (exact) mass is 865 g/mol. The molecule has 0 spiro atoms. The van der Waals surface area contributed by atoms with Gasteiger partial charge in [0.2, 0.25) is 0 Å². The molecule has 1 unspecified atom stereocenters. The van der Waals surface area contributed by atoms with Crippen molar-refractivity contribution in [3.8, 4) is 0 Å². The summed E-state index contributed by atoms with van der Waals surface area (Å²) >= 11 is 0. The number of rotatable bonds is 46. The zero-order chi connectivity index (χ0) is 45.1. The van der Waals surface area contributed by atoms with Crippen LogP contribution in [0.15, 0.2) is 72.9 Å². The first-order valence-corrected chi connectivity index (χ1v) is 25.9. The van der Waals surface area contributed by atoms with E-state index in [0.29, 0.717) is 19.3 Å². The van der Waals surface area contributed by atoms with E-state index in [0.717, 1.165) is 83.5 Å². The fraction of sp³-hybridized carbons (Fsp3) is 0.732. The Kier molecular flexibility index (Phi) is 47.9. The largest absolute Gasteiger partial charge is 0.462 e. The molecular formula is C56H96O6. The molecule has 0 N–H and O–H groups in total. The molecule has 0 saturated carbocycles. The minimum Gasteiger partial charge on any atom is -0.462 e. The Labute approximate surface area is 382 Å². The molecule has 0 aromatic rings. The lowest BCUT2D eigenvalue weighted by atomic mass is 10.1. The van der Waals surface area contributed by atoms with Crippen LogP contribution in [0.5, 0.6) is 0 Å². The van der Waals surface area contributed by atoms with Crippen molar-refractivity contribution in [3.63, 3.8) is 0 Å². The van der Waals surface area contributed by atoms with Crippen LogP contribution in [0.25, 0.3) is 0 Å². The van der Waals surface area contributed by atoms with Crippen LogP contribution in [-0.4, -0.2) is 37.2 Å². The summed E-state index contributed by atoms with van der Waals surface area (Å²) in [6, 6.07) is 0. The van der Waals surface area contributed by atoms with Crippen molar-refractivity contribution in [3.05, 3.63) is 72.9 Å². The molecule has 0 amide bonds. The van der Waals surface area contributed by atoms with Crippen molar-refractivity contribution in [2.75, 3.05) is 13.2 Å². The summed E-state index contributed by atoms with van der Waals surface area (Å²) in [5, 5.41) is 0. The maximum atomic E-state index is 12.8. The molecule has 356 valence electrons. The second kappa shape index (κ2) is 50.5. The van der Waals surface area contributed by atoms with Crippen LogP contribution in [0.2, 0.25) is 0 Å². The van der Waals surface area contributed by atoms with Crippen molar-refractivity contribution in [2.24, 2.45) is 0 Å². The number of hydrogen-bond acceptors (Lipinski definition) is 6. The first kappa shape index (κ1) is 58.9. The highest BCUT2D eigenvalue weighted by Gasteiger charge is 2.19. The highest BCUT2D eigenvalue weighted by Crippen LogP contribution is 2.13. The average molecular weight is 865 g/mol. The molecule has 0 fully saturated rings. The molecule has 0 aliphatic rings. The van der Waals surface area contributed by atoms with E-state index in [9.17, 15) is 14.4 Å². The Bertz CT molecular complexity index is 1180. The standard InChI is InChI=1S/C56H96O6/c1-4-7-10-13-16-19-21-23-25-27-29-30-32-34-37-40-43-46-49-55(58)61-52-53(51-60-54(57)48-45-42-39-36-18-15-12-9-6-3)62-56(59)50-47-44-41-38-35-33-31-28-26-24-22-20-17-14-11-8-5-2/h9,12,18,24,26,29-31,33,36,38,41,53H,4-8,10-11,13-17,19-23,25,27-28,32,34-35,37,39-40,42-52H2,1-3H3/b12-9-,26-24-,30-29-,33-31-,36-18-,41-38-. The first-order valence-electron chi connectivity index (χ1n) is 25.9. The topological polar surface area (TPSA) is 78.9 Å². The molecule has 0 radical (unpaired) electrons. The van der Waals surface area contributed by atoms with Crippen molar-refractivity contribution >= 4 is 17.9 Å². The fourth-order valence-electron chi connectivity index (χ4n) is 7.02. The van der Waals surface area contributed by atoms with Gasteiger partial charge in [0.25, 0.3) is 0 Å². The van der Waals surface area contributed by atoms with Crippen molar-refractivity contribution in [2.45, 2.75) is 252 Å². The number of carbonyl (C=O) groups is 3. The van der Waals surface area contributed by atoms with E-state index in [-0.39, 0.29) is 37.5 Å². The van der Waals surface area contributed by atoms with Gasteiger partial charge in [-0.2, -0.15) is 0 Å². The van der Waals surface area contributed by atoms with E-state index >= 15 is 0 Å². The Morgan fingerprint density at radius 3 is 1.08 bits per heavy atom. The normalized spacial score (nSPS) is 12.6. The number of esters is 3. The SMILES string of the molecule is CC/C=C\C/C=C\CCCCC(=O)OCC(COC(=O)CCCCCCC/C=C\CCCCCCCCCCC)OC(=O)CCC/C=C\C/C=C\C/C=C\CCCCCCCC. The molecule has 0 bridgehead atoms. The molecule has 0 saturated heterocycles. The molecule has 0 aromatic heterocycles. The van der Waals surface area contributed by atoms with E-state index < -0.39 is 6.10 Å². The quantitative estimate of drug-likeness (QED) is 0.0262. The molecule has 0 aromatic carbocycles. The van der Waals surface area contributed by atoms with Crippen LogP contribution in [0.4, 0.5) is 0 Å². The van der Waals surface area contributed by atoms with Crippen LogP contribution < -0.4 is 0 Å². The van der Waals surface area contributed by atoms with Crippen LogP contribution in [0.1, 0.15) is 245 Å². The predicted octanol–water partition coefficient (Wildman–Crippen LogP) is 17.0. The molecule has 0 aliphatic heterocycles. The maximum Gasteiger partial charge on any atom is 0.306 e. The van der Waals surface area contributed by atoms with Crippen molar-refractivity contribution in [1.82, 2.24) is 0 Å². The molecule has 62 heavy (non-hydrogen) atoms. The van der Waals surface area contributed by atoms with Gasteiger partial charge in [0.1, 0.15) is 13.2 Å². The van der Waals surface area contributed by atoms with Crippen molar-refractivity contribution in [1.29, 1.82) is 0 Å². The van der Waals surface area contributed by atoms with Crippen LogP contribution in [0.3, 0.4) is 0 Å². The predicted molar refractivity (Wildman–Crippen MR) is 265 cm³/mol. The Balaban J connectivity index is 4.42. The van der Waals surface area contributed by atoms with Crippen LogP contribution >= 0.6 is 0 Å². The highest BCUT2D eigenvalue weighted by molar-refractivity contribution is 5.71. The number of hydrogen-bond donors (Lipinski definition) is 0. The number of allylic oxidation sites excluding steroid dienone is 12. The van der Waals surface area contributed by atoms with Gasteiger partial charge in [0, 0.05) is 19.3 Å². The fourth-order valence-corrected chi connectivity index (χ4v) is 7.02. The van der Waals surface area contributed by atoms with Gasteiger partial charge in [-0.05, 0) is 103 Å². The zero-order valence-corrected chi connectivity index (χ0v) is 40.6. The van der Waals surface area contributed by atoms with Gasteiger partial charge in [-0.1, -0.05) is 196 Å². The van der Waals surface area contributed by atoms with E-state index in [2.05, 4.69) is 93.7 Å². The first-order chi connectivity index (χ1) is 30.5. The summed E-state index contributed by atoms with van der Waals surface area (Å²) in [6.07, 6.45) is 63.4. The molecule has 0 aliphatic carbocycles. The van der Waals surface area contributed by atoms with E-state index in [1.807, 2.05) is 0 Å². The maximum absolute atomic E-state index is 12.8. The molecule has 6 nitrogen and oxygen atoms in total.